The molecule has 7 heteroatoms. The van der Waals surface area contributed by atoms with E-state index in [1.54, 1.807) is 0 Å². The minimum absolute atomic E-state index is 0.0186. The number of rotatable bonds is 4. The van der Waals surface area contributed by atoms with Crippen molar-refractivity contribution in [2.45, 2.75) is 12.7 Å². The van der Waals surface area contributed by atoms with Gasteiger partial charge in [0.2, 0.25) is 0 Å². The molecule has 0 bridgehead atoms. The van der Waals surface area contributed by atoms with Gasteiger partial charge in [0.15, 0.2) is 5.78 Å². The third-order valence-corrected chi connectivity index (χ3v) is 2.57. The minimum Gasteiger partial charge on any atom is -0.294 e. The van der Waals surface area contributed by atoms with E-state index in [9.17, 15) is 23.3 Å². The van der Waals surface area contributed by atoms with Gasteiger partial charge in [-0.15, -0.1) is 0 Å². The molecule has 0 aliphatic carbocycles. The van der Waals surface area contributed by atoms with Crippen molar-refractivity contribution in [3.63, 3.8) is 0 Å². The molecule has 0 radical (unpaired) electrons. The number of thiol groups is 1. The second-order valence-corrected chi connectivity index (χ2v) is 4.14. The van der Waals surface area contributed by atoms with Crippen LogP contribution in [0.1, 0.15) is 22.8 Å². The first kappa shape index (κ1) is 12.3. The molecule has 0 atom stereocenters. The molecule has 1 aromatic rings. The molecule has 0 spiro atoms. The smallest absolute Gasteiger partial charge is 0.280 e. The molecule has 0 aliphatic heterocycles. The largest absolute Gasteiger partial charge is 0.294 e. The van der Waals surface area contributed by atoms with Crippen LogP contribution >= 0.6 is 0 Å². The van der Waals surface area contributed by atoms with Crippen LogP contribution in [0.5, 0.6) is 0 Å². The standard InChI is InChI=1S/C9H9NO5S/c1-6(11)8-3-2-7(5-16(14)15)4-9(8)10(12)13/h2-4,16H,5H2,1H3. The summed E-state index contributed by atoms with van der Waals surface area (Å²) in [6.07, 6.45) is 0. The zero-order valence-electron chi connectivity index (χ0n) is 8.37. The highest BCUT2D eigenvalue weighted by Crippen LogP contribution is 2.21. The normalized spacial score (nSPS) is 10.4. The first-order valence-electron chi connectivity index (χ1n) is 4.32. The lowest BCUT2D eigenvalue weighted by molar-refractivity contribution is -0.385. The van der Waals surface area contributed by atoms with E-state index in [0.29, 0.717) is 5.56 Å². The van der Waals surface area contributed by atoms with Crippen LogP contribution in [-0.4, -0.2) is 19.1 Å². The van der Waals surface area contributed by atoms with Crippen molar-refractivity contribution < 1.29 is 18.1 Å². The van der Waals surface area contributed by atoms with E-state index < -0.39 is 21.4 Å². The van der Waals surface area contributed by atoms with E-state index in [-0.39, 0.29) is 17.0 Å². The maximum atomic E-state index is 11.1. The molecular formula is C9H9NO5S. The Morgan fingerprint density at radius 2 is 2.06 bits per heavy atom. The van der Waals surface area contributed by atoms with Crippen LogP contribution in [-0.2, 0) is 16.5 Å². The monoisotopic (exact) mass is 243 g/mol. The van der Waals surface area contributed by atoms with E-state index in [0.717, 1.165) is 6.07 Å². The van der Waals surface area contributed by atoms with Gasteiger partial charge in [-0.3, -0.25) is 14.9 Å². The van der Waals surface area contributed by atoms with Crippen molar-refractivity contribution in [3.8, 4) is 0 Å². The summed E-state index contributed by atoms with van der Waals surface area (Å²) < 4.78 is 20.9. The molecule has 0 amide bonds. The quantitative estimate of drug-likeness (QED) is 0.367. The molecule has 16 heavy (non-hydrogen) atoms. The maximum Gasteiger partial charge on any atom is 0.280 e. The minimum atomic E-state index is -2.64. The van der Waals surface area contributed by atoms with Crippen molar-refractivity contribution in [3.05, 3.63) is 39.4 Å². The topological polar surface area (TPSA) is 94.3 Å². The number of Topliss-reactive ketones (excluding diaryl/α,β-unsaturated/α-hetero) is 1. The van der Waals surface area contributed by atoms with Gasteiger partial charge in [-0.2, -0.15) is 0 Å². The summed E-state index contributed by atoms with van der Waals surface area (Å²) in [4.78, 5) is 21.1. The average molecular weight is 243 g/mol. The SMILES string of the molecule is CC(=O)c1ccc(C[SH](=O)=O)cc1[N+](=O)[O-]. The second-order valence-electron chi connectivity index (χ2n) is 3.16. The number of benzene rings is 1. The Hall–Kier alpha value is -1.76. The maximum absolute atomic E-state index is 11.1. The van der Waals surface area contributed by atoms with Gasteiger partial charge < -0.3 is 0 Å². The van der Waals surface area contributed by atoms with Crippen molar-refractivity contribution in [1.82, 2.24) is 0 Å². The molecular weight excluding hydrogens is 234 g/mol. The van der Waals surface area contributed by atoms with E-state index in [2.05, 4.69) is 0 Å². The summed E-state index contributed by atoms with van der Waals surface area (Å²) in [7, 11) is -2.64. The number of hydrogen-bond donors (Lipinski definition) is 1. The highest BCUT2D eigenvalue weighted by molar-refractivity contribution is 7.71. The van der Waals surface area contributed by atoms with Crippen LogP contribution in [0, 0.1) is 10.1 Å². The zero-order chi connectivity index (χ0) is 12.3. The summed E-state index contributed by atoms with van der Waals surface area (Å²) in [5, 5.41) is 10.7. The van der Waals surface area contributed by atoms with Crippen LogP contribution in [0.4, 0.5) is 5.69 Å². The number of nitrogens with zero attached hydrogens (tertiary/aromatic N) is 1. The van der Waals surface area contributed by atoms with Gasteiger partial charge >= 0.3 is 0 Å². The molecule has 0 heterocycles. The Morgan fingerprint density at radius 1 is 1.44 bits per heavy atom. The molecule has 86 valence electrons. The molecule has 0 fully saturated rings. The predicted octanol–water partition coefficient (Wildman–Crippen LogP) is 0.909. The van der Waals surface area contributed by atoms with Crippen molar-refractivity contribution in [2.75, 3.05) is 0 Å². The number of carbonyl (C=O) groups excluding carboxylic acids is 1. The summed E-state index contributed by atoms with van der Waals surface area (Å²) in [6, 6.07) is 3.78. The van der Waals surface area contributed by atoms with Gasteiger partial charge in [-0.05, 0) is 18.6 Å². The summed E-state index contributed by atoms with van der Waals surface area (Å²) in [5.41, 5.74) is -0.0791. The highest BCUT2D eigenvalue weighted by Gasteiger charge is 2.17. The molecule has 0 N–H and O–H groups in total. The molecule has 1 aromatic carbocycles. The van der Waals surface area contributed by atoms with Crippen LogP contribution in [0.2, 0.25) is 0 Å². The fourth-order valence-corrected chi connectivity index (χ4v) is 1.77. The van der Waals surface area contributed by atoms with Crippen LogP contribution in [0.25, 0.3) is 0 Å². The van der Waals surface area contributed by atoms with Gasteiger partial charge in [0.1, 0.15) is 10.7 Å². The summed E-state index contributed by atoms with van der Waals surface area (Å²) >= 11 is 0. The molecule has 6 nitrogen and oxygen atoms in total. The number of ketones is 1. The number of carbonyl (C=O) groups is 1. The lowest BCUT2D eigenvalue weighted by atomic mass is 10.1. The molecule has 0 unspecified atom stereocenters. The van der Waals surface area contributed by atoms with Gasteiger partial charge in [0.25, 0.3) is 5.69 Å². The van der Waals surface area contributed by atoms with E-state index in [1.807, 2.05) is 0 Å². The zero-order valence-corrected chi connectivity index (χ0v) is 9.27. The fourth-order valence-electron chi connectivity index (χ4n) is 1.27. The lowest BCUT2D eigenvalue weighted by Crippen LogP contribution is -2.01. The first-order chi connectivity index (χ1) is 7.41. The highest BCUT2D eigenvalue weighted by atomic mass is 32.2. The number of nitro benzene ring substituents is 1. The van der Waals surface area contributed by atoms with E-state index in [4.69, 9.17) is 0 Å². The number of nitro groups is 1. The Morgan fingerprint density at radius 3 is 2.50 bits per heavy atom. The Kier molecular flexibility index (Phi) is 3.73. The third-order valence-electron chi connectivity index (χ3n) is 1.95. The number of hydrogen-bond acceptors (Lipinski definition) is 5. The van der Waals surface area contributed by atoms with Crippen LogP contribution in [0.3, 0.4) is 0 Å². The van der Waals surface area contributed by atoms with Crippen molar-refractivity contribution in [1.29, 1.82) is 0 Å². The Balaban J connectivity index is 3.27. The van der Waals surface area contributed by atoms with Gasteiger partial charge in [0, 0.05) is 6.07 Å². The molecule has 1 rings (SSSR count). The molecule has 0 saturated heterocycles. The Labute approximate surface area is 93.0 Å². The van der Waals surface area contributed by atoms with Crippen molar-refractivity contribution in [2.24, 2.45) is 0 Å². The summed E-state index contributed by atoms with van der Waals surface area (Å²) in [6.45, 7) is 1.22. The van der Waals surface area contributed by atoms with Gasteiger partial charge in [-0.1, -0.05) is 6.07 Å². The van der Waals surface area contributed by atoms with Gasteiger partial charge in [0.05, 0.1) is 16.2 Å². The first-order valence-corrected chi connectivity index (χ1v) is 5.68. The van der Waals surface area contributed by atoms with Crippen LogP contribution < -0.4 is 0 Å². The van der Waals surface area contributed by atoms with E-state index in [1.165, 1.54) is 19.1 Å². The molecule has 0 saturated carbocycles. The summed E-state index contributed by atoms with van der Waals surface area (Å²) in [5.74, 6) is -0.696. The predicted molar refractivity (Wildman–Crippen MR) is 57.1 cm³/mol. The molecule has 0 aromatic heterocycles. The van der Waals surface area contributed by atoms with Crippen LogP contribution in [0.15, 0.2) is 18.2 Å². The third kappa shape index (κ3) is 2.86. The molecule has 0 aliphatic rings. The van der Waals surface area contributed by atoms with E-state index >= 15 is 0 Å². The fraction of sp³-hybridized carbons (Fsp3) is 0.222. The van der Waals surface area contributed by atoms with Crippen molar-refractivity contribution >= 4 is 22.2 Å². The average Bonchev–Trinajstić information content (AvgIpc) is 2.16. The second kappa shape index (κ2) is 4.84. The lowest BCUT2D eigenvalue weighted by Gasteiger charge is -2.00. The Bertz CT molecular complexity index is 513. The van der Waals surface area contributed by atoms with Gasteiger partial charge in [-0.25, -0.2) is 8.42 Å².